The third-order valence-electron chi connectivity index (χ3n) is 6.34. The Bertz CT molecular complexity index is 1180. The molecule has 0 saturated carbocycles. The van der Waals surface area contributed by atoms with E-state index < -0.39 is 15.7 Å². The zero-order valence-electron chi connectivity index (χ0n) is 19.7. The summed E-state index contributed by atoms with van der Waals surface area (Å²) in [5.41, 5.74) is 6.02. The Hall–Kier alpha value is -3.25. The summed E-state index contributed by atoms with van der Waals surface area (Å²) in [6.45, 7) is 3.06. The molecule has 1 atom stereocenters. The Balaban J connectivity index is 1.49. The second kappa shape index (κ2) is 10.6. The standard InChI is InChI=1S/C23H31N7O4S/c1-35(33,34)18-6-4-16(5-7-18)27-22-20(21(24)31)26-13-19(29-22)30-12-2-3-17(14-30)28-23(32)15-8-10-25-11-9-15/h4-7,13,15,17,25H,2-3,8-12,14H2,1H3,(H2,24,31)(H,27,29)(H,28,32)/t17-/m1/s1. The van der Waals surface area contributed by atoms with E-state index in [-0.39, 0.29) is 34.3 Å². The van der Waals surface area contributed by atoms with Gasteiger partial charge in [-0.25, -0.2) is 18.4 Å². The van der Waals surface area contributed by atoms with Crippen molar-refractivity contribution < 1.29 is 18.0 Å². The van der Waals surface area contributed by atoms with Gasteiger partial charge in [0.05, 0.1) is 11.1 Å². The average Bonchev–Trinajstić information content (AvgIpc) is 2.84. The van der Waals surface area contributed by atoms with Crippen molar-refractivity contribution >= 4 is 39.0 Å². The van der Waals surface area contributed by atoms with Gasteiger partial charge in [0.1, 0.15) is 5.82 Å². The van der Waals surface area contributed by atoms with E-state index in [9.17, 15) is 18.0 Å². The van der Waals surface area contributed by atoms with Gasteiger partial charge in [-0.3, -0.25) is 9.59 Å². The third kappa shape index (κ3) is 6.25. The molecule has 2 amide bonds. The minimum atomic E-state index is -3.33. The molecule has 0 bridgehead atoms. The summed E-state index contributed by atoms with van der Waals surface area (Å²) < 4.78 is 23.4. The minimum Gasteiger partial charge on any atom is -0.364 e. The van der Waals surface area contributed by atoms with Gasteiger partial charge in [0, 0.05) is 37.0 Å². The lowest BCUT2D eigenvalue weighted by atomic mass is 9.96. The summed E-state index contributed by atoms with van der Waals surface area (Å²) in [4.78, 5) is 35.7. The Morgan fingerprint density at radius 1 is 1.14 bits per heavy atom. The molecule has 4 rings (SSSR count). The van der Waals surface area contributed by atoms with Crippen LogP contribution in [0.15, 0.2) is 35.4 Å². The lowest BCUT2D eigenvalue weighted by Crippen LogP contribution is -2.50. The number of nitrogens with zero attached hydrogens (tertiary/aromatic N) is 3. The maximum absolute atomic E-state index is 12.7. The highest BCUT2D eigenvalue weighted by atomic mass is 32.2. The van der Waals surface area contributed by atoms with Crippen LogP contribution in [-0.4, -0.2) is 68.7 Å². The van der Waals surface area contributed by atoms with Crippen molar-refractivity contribution in [3.63, 3.8) is 0 Å². The molecule has 3 heterocycles. The number of anilines is 3. The van der Waals surface area contributed by atoms with E-state index in [4.69, 9.17) is 5.73 Å². The van der Waals surface area contributed by atoms with Crippen molar-refractivity contribution in [2.24, 2.45) is 11.7 Å². The number of piperidine rings is 2. The van der Waals surface area contributed by atoms with E-state index in [2.05, 4.69) is 25.9 Å². The normalized spacial score (nSPS) is 19.2. The molecule has 0 unspecified atom stereocenters. The van der Waals surface area contributed by atoms with Gasteiger partial charge >= 0.3 is 0 Å². The molecule has 0 spiro atoms. The van der Waals surface area contributed by atoms with Crippen LogP contribution in [0, 0.1) is 5.92 Å². The topological polar surface area (TPSA) is 159 Å². The van der Waals surface area contributed by atoms with Gasteiger partial charge in [0.25, 0.3) is 5.91 Å². The molecular formula is C23H31N7O4S. The first kappa shape index (κ1) is 24.9. The smallest absolute Gasteiger partial charge is 0.271 e. The summed E-state index contributed by atoms with van der Waals surface area (Å²) in [6, 6.07) is 6.12. The summed E-state index contributed by atoms with van der Waals surface area (Å²) in [5, 5.41) is 9.50. The Morgan fingerprint density at radius 3 is 2.51 bits per heavy atom. The van der Waals surface area contributed by atoms with Gasteiger partial charge < -0.3 is 26.6 Å². The molecule has 5 N–H and O–H groups in total. The lowest BCUT2D eigenvalue weighted by Gasteiger charge is -2.35. The number of sulfone groups is 1. The molecule has 35 heavy (non-hydrogen) atoms. The molecule has 2 aromatic rings. The summed E-state index contributed by atoms with van der Waals surface area (Å²) in [7, 11) is -3.33. The summed E-state index contributed by atoms with van der Waals surface area (Å²) in [6.07, 6.45) is 6.11. The van der Waals surface area contributed by atoms with Crippen LogP contribution in [0.2, 0.25) is 0 Å². The van der Waals surface area contributed by atoms with Crippen LogP contribution in [0.5, 0.6) is 0 Å². The molecule has 12 heteroatoms. The number of primary amides is 1. The Labute approximate surface area is 204 Å². The predicted molar refractivity (Wildman–Crippen MR) is 132 cm³/mol. The SMILES string of the molecule is CS(=O)(=O)c1ccc(Nc2nc(N3CCC[C@@H](NC(=O)C4CCNCC4)C3)cnc2C(N)=O)cc1. The number of benzene rings is 1. The molecule has 0 aliphatic carbocycles. The van der Waals surface area contributed by atoms with E-state index in [0.717, 1.165) is 51.6 Å². The van der Waals surface area contributed by atoms with Gasteiger partial charge in [-0.2, -0.15) is 0 Å². The molecule has 2 aliphatic heterocycles. The first-order valence-corrected chi connectivity index (χ1v) is 13.6. The zero-order valence-corrected chi connectivity index (χ0v) is 20.5. The highest BCUT2D eigenvalue weighted by Crippen LogP contribution is 2.24. The number of nitrogens with two attached hydrogens (primary N) is 1. The van der Waals surface area contributed by atoms with Crippen molar-refractivity contribution in [2.75, 3.05) is 42.7 Å². The summed E-state index contributed by atoms with van der Waals surface area (Å²) >= 11 is 0. The monoisotopic (exact) mass is 501 g/mol. The molecule has 2 saturated heterocycles. The van der Waals surface area contributed by atoms with Crippen LogP contribution in [0.4, 0.5) is 17.3 Å². The average molecular weight is 502 g/mol. The third-order valence-corrected chi connectivity index (χ3v) is 7.47. The zero-order chi connectivity index (χ0) is 25.0. The van der Waals surface area contributed by atoms with Crippen molar-refractivity contribution in [1.29, 1.82) is 0 Å². The van der Waals surface area contributed by atoms with Crippen LogP contribution >= 0.6 is 0 Å². The van der Waals surface area contributed by atoms with Gasteiger partial charge in [0.15, 0.2) is 21.3 Å². The maximum Gasteiger partial charge on any atom is 0.271 e. The van der Waals surface area contributed by atoms with Crippen molar-refractivity contribution in [1.82, 2.24) is 20.6 Å². The van der Waals surface area contributed by atoms with Crippen LogP contribution in [0.1, 0.15) is 36.2 Å². The molecule has 2 fully saturated rings. The van der Waals surface area contributed by atoms with Gasteiger partial charge in [0.2, 0.25) is 5.91 Å². The highest BCUT2D eigenvalue weighted by Gasteiger charge is 2.27. The van der Waals surface area contributed by atoms with E-state index in [1.54, 1.807) is 12.1 Å². The summed E-state index contributed by atoms with van der Waals surface area (Å²) in [5.74, 6) is 0.165. The first-order valence-electron chi connectivity index (χ1n) is 11.7. The largest absolute Gasteiger partial charge is 0.364 e. The van der Waals surface area contributed by atoms with E-state index >= 15 is 0 Å². The number of rotatable bonds is 7. The van der Waals surface area contributed by atoms with Crippen LogP contribution in [-0.2, 0) is 14.6 Å². The van der Waals surface area contributed by atoms with Gasteiger partial charge in [-0.15, -0.1) is 0 Å². The molecule has 1 aromatic heterocycles. The second-order valence-corrected chi connectivity index (χ2v) is 11.0. The number of nitrogens with one attached hydrogen (secondary N) is 3. The number of aromatic nitrogens is 2. The molecular weight excluding hydrogens is 470 g/mol. The number of hydrogen-bond acceptors (Lipinski definition) is 9. The second-order valence-electron chi connectivity index (χ2n) is 9.03. The maximum atomic E-state index is 12.7. The molecule has 11 nitrogen and oxygen atoms in total. The van der Waals surface area contributed by atoms with E-state index in [1.807, 2.05) is 4.90 Å². The molecule has 2 aliphatic rings. The predicted octanol–water partition coefficient (Wildman–Crippen LogP) is 0.807. The fourth-order valence-corrected chi connectivity index (χ4v) is 5.06. The van der Waals surface area contributed by atoms with Crippen molar-refractivity contribution in [3.05, 3.63) is 36.2 Å². The fourth-order valence-electron chi connectivity index (χ4n) is 4.43. The lowest BCUT2D eigenvalue weighted by molar-refractivity contribution is -0.126. The number of hydrogen-bond donors (Lipinski definition) is 4. The van der Waals surface area contributed by atoms with E-state index in [1.165, 1.54) is 18.3 Å². The minimum absolute atomic E-state index is 0.00343. The van der Waals surface area contributed by atoms with Crippen LogP contribution in [0.25, 0.3) is 0 Å². The van der Waals surface area contributed by atoms with Crippen molar-refractivity contribution in [3.8, 4) is 0 Å². The van der Waals surface area contributed by atoms with Crippen molar-refractivity contribution in [2.45, 2.75) is 36.6 Å². The Morgan fingerprint density at radius 2 is 1.86 bits per heavy atom. The Kier molecular flexibility index (Phi) is 7.51. The molecule has 1 aromatic carbocycles. The molecule has 0 radical (unpaired) electrons. The van der Waals surface area contributed by atoms with Gasteiger partial charge in [-0.05, 0) is 63.0 Å². The van der Waals surface area contributed by atoms with Gasteiger partial charge in [-0.1, -0.05) is 0 Å². The van der Waals surface area contributed by atoms with E-state index in [0.29, 0.717) is 18.1 Å². The number of carbonyl (C=O) groups excluding carboxylic acids is 2. The first-order chi connectivity index (χ1) is 16.7. The number of carbonyl (C=O) groups is 2. The quantitative estimate of drug-likeness (QED) is 0.430. The number of amides is 2. The highest BCUT2D eigenvalue weighted by molar-refractivity contribution is 7.90. The van der Waals surface area contributed by atoms with Crippen LogP contribution in [0.3, 0.4) is 0 Å². The molecule has 188 valence electrons. The van der Waals surface area contributed by atoms with Crippen LogP contribution < -0.4 is 26.6 Å². The fraction of sp³-hybridized carbons (Fsp3) is 0.478.